The molecule has 0 saturated heterocycles. The first-order valence-corrected chi connectivity index (χ1v) is 6.38. The molecule has 100 valence electrons. The van der Waals surface area contributed by atoms with Gasteiger partial charge < -0.3 is 0 Å². The van der Waals surface area contributed by atoms with Gasteiger partial charge in [-0.05, 0) is 31.9 Å². The van der Waals surface area contributed by atoms with Crippen LogP contribution in [-0.2, 0) is 6.42 Å². The van der Waals surface area contributed by atoms with E-state index < -0.39 is 0 Å². The Morgan fingerprint density at radius 2 is 1.74 bits per heavy atom. The number of hydrazine groups is 1. The van der Waals surface area contributed by atoms with Crippen molar-refractivity contribution >= 4 is 0 Å². The van der Waals surface area contributed by atoms with Crippen LogP contribution in [-0.4, -0.2) is 0 Å². The molecule has 0 radical (unpaired) electrons. The second-order valence-corrected chi connectivity index (χ2v) is 4.94. The number of hydrogen-bond donors (Lipinski definition) is 2. The number of nitrogens with one attached hydrogen (secondary N) is 1. The van der Waals surface area contributed by atoms with Crippen molar-refractivity contribution in [1.82, 2.24) is 5.43 Å². The average Bonchev–Trinajstić information content (AvgIpc) is 2.36. The molecule has 0 fully saturated rings. The summed E-state index contributed by atoms with van der Waals surface area (Å²) in [5, 5.41) is 0. The smallest absolute Gasteiger partial charge is 0.128 e. The minimum absolute atomic E-state index is 0.220. The highest BCUT2D eigenvalue weighted by Crippen LogP contribution is 2.21. The standard InChI is InChI=1S/C16H19FN2/c1-11-7-12(2)9-13(8-11)10-16(19-18)14-5-3-4-6-15(14)17/h3-9,16,19H,10,18H2,1-2H3. The van der Waals surface area contributed by atoms with Crippen LogP contribution >= 0.6 is 0 Å². The fraction of sp³-hybridized carbons (Fsp3) is 0.250. The van der Waals surface area contributed by atoms with Crippen LogP contribution in [0.15, 0.2) is 42.5 Å². The molecular formula is C16H19FN2. The van der Waals surface area contributed by atoms with Crippen LogP contribution in [0.5, 0.6) is 0 Å². The molecule has 0 heterocycles. The van der Waals surface area contributed by atoms with Crippen molar-refractivity contribution in [3.63, 3.8) is 0 Å². The molecule has 0 amide bonds. The summed E-state index contributed by atoms with van der Waals surface area (Å²) >= 11 is 0. The molecule has 0 aliphatic rings. The summed E-state index contributed by atoms with van der Waals surface area (Å²) in [7, 11) is 0. The second-order valence-electron chi connectivity index (χ2n) is 4.94. The Kier molecular flexibility index (Phi) is 4.30. The largest absolute Gasteiger partial charge is 0.271 e. The van der Waals surface area contributed by atoms with Crippen molar-refractivity contribution in [2.75, 3.05) is 0 Å². The van der Waals surface area contributed by atoms with Gasteiger partial charge in [-0.1, -0.05) is 47.5 Å². The Bertz CT molecular complexity index is 546. The molecule has 0 aromatic heterocycles. The zero-order chi connectivity index (χ0) is 13.8. The van der Waals surface area contributed by atoms with E-state index in [0.717, 1.165) is 5.56 Å². The van der Waals surface area contributed by atoms with Crippen molar-refractivity contribution in [3.8, 4) is 0 Å². The summed E-state index contributed by atoms with van der Waals surface area (Å²) in [6, 6.07) is 12.9. The Balaban J connectivity index is 2.26. The third-order valence-electron chi connectivity index (χ3n) is 3.20. The average molecular weight is 258 g/mol. The maximum absolute atomic E-state index is 13.8. The first kappa shape index (κ1) is 13.7. The summed E-state index contributed by atoms with van der Waals surface area (Å²) in [4.78, 5) is 0. The quantitative estimate of drug-likeness (QED) is 0.653. The van der Waals surface area contributed by atoms with Gasteiger partial charge in [-0.2, -0.15) is 0 Å². The zero-order valence-electron chi connectivity index (χ0n) is 11.3. The van der Waals surface area contributed by atoms with Crippen LogP contribution in [0, 0.1) is 19.7 Å². The van der Waals surface area contributed by atoms with Crippen molar-refractivity contribution in [3.05, 3.63) is 70.5 Å². The molecule has 2 nitrogen and oxygen atoms in total. The van der Waals surface area contributed by atoms with Gasteiger partial charge in [0, 0.05) is 5.56 Å². The molecule has 2 aromatic carbocycles. The predicted octanol–water partition coefficient (Wildman–Crippen LogP) is 3.19. The normalized spacial score (nSPS) is 12.4. The summed E-state index contributed by atoms with van der Waals surface area (Å²) in [6.07, 6.45) is 0.667. The second kappa shape index (κ2) is 5.95. The summed E-state index contributed by atoms with van der Waals surface area (Å²) in [6.45, 7) is 4.12. The van der Waals surface area contributed by atoms with Crippen LogP contribution in [0.4, 0.5) is 4.39 Å². The van der Waals surface area contributed by atoms with Crippen LogP contribution in [0.25, 0.3) is 0 Å². The lowest BCUT2D eigenvalue weighted by molar-refractivity contribution is 0.510. The molecular weight excluding hydrogens is 239 g/mol. The number of nitrogens with two attached hydrogens (primary N) is 1. The van der Waals surface area contributed by atoms with E-state index in [9.17, 15) is 4.39 Å². The molecule has 0 saturated carbocycles. The van der Waals surface area contributed by atoms with Crippen LogP contribution in [0.1, 0.15) is 28.3 Å². The number of halogens is 1. The molecule has 1 atom stereocenters. The summed E-state index contributed by atoms with van der Waals surface area (Å²) in [5.74, 6) is 5.35. The maximum Gasteiger partial charge on any atom is 0.128 e. The molecule has 19 heavy (non-hydrogen) atoms. The van der Waals surface area contributed by atoms with E-state index in [0.29, 0.717) is 12.0 Å². The topological polar surface area (TPSA) is 38.0 Å². The Morgan fingerprint density at radius 3 is 2.32 bits per heavy atom. The highest BCUT2D eigenvalue weighted by Gasteiger charge is 2.14. The van der Waals surface area contributed by atoms with Gasteiger partial charge in [0.15, 0.2) is 0 Å². The fourth-order valence-electron chi connectivity index (χ4n) is 2.44. The van der Waals surface area contributed by atoms with Gasteiger partial charge in [-0.15, -0.1) is 0 Å². The molecule has 2 rings (SSSR count). The van der Waals surface area contributed by atoms with Gasteiger partial charge in [0.2, 0.25) is 0 Å². The van der Waals surface area contributed by atoms with Gasteiger partial charge >= 0.3 is 0 Å². The van der Waals surface area contributed by atoms with Crippen LogP contribution in [0.3, 0.4) is 0 Å². The lowest BCUT2D eigenvalue weighted by Gasteiger charge is -2.17. The Hall–Kier alpha value is -1.71. The van der Waals surface area contributed by atoms with E-state index in [2.05, 4.69) is 37.5 Å². The molecule has 0 aliphatic heterocycles. The van der Waals surface area contributed by atoms with Gasteiger partial charge in [-0.3, -0.25) is 11.3 Å². The SMILES string of the molecule is Cc1cc(C)cc(CC(NN)c2ccccc2F)c1. The fourth-order valence-corrected chi connectivity index (χ4v) is 2.44. The minimum Gasteiger partial charge on any atom is -0.271 e. The number of benzene rings is 2. The molecule has 1 unspecified atom stereocenters. The highest BCUT2D eigenvalue weighted by molar-refractivity contribution is 5.31. The van der Waals surface area contributed by atoms with E-state index in [1.807, 2.05) is 6.07 Å². The van der Waals surface area contributed by atoms with Crippen LogP contribution in [0.2, 0.25) is 0 Å². The van der Waals surface area contributed by atoms with Crippen molar-refractivity contribution in [2.24, 2.45) is 5.84 Å². The molecule has 3 N–H and O–H groups in total. The molecule has 0 aliphatic carbocycles. The lowest BCUT2D eigenvalue weighted by Crippen LogP contribution is -2.30. The first-order valence-electron chi connectivity index (χ1n) is 6.38. The third kappa shape index (κ3) is 3.40. The summed E-state index contributed by atoms with van der Waals surface area (Å²) in [5.41, 5.74) is 6.88. The zero-order valence-corrected chi connectivity index (χ0v) is 11.3. The van der Waals surface area contributed by atoms with Crippen molar-refractivity contribution in [2.45, 2.75) is 26.3 Å². The molecule has 2 aromatic rings. The maximum atomic E-state index is 13.8. The van der Waals surface area contributed by atoms with Crippen LogP contribution < -0.4 is 11.3 Å². The van der Waals surface area contributed by atoms with Gasteiger partial charge in [-0.25, -0.2) is 4.39 Å². The molecule has 0 bridgehead atoms. The first-order chi connectivity index (χ1) is 9.10. The highest BCUT2D eigenvalue weighted by atomic mass is 19.1. The van der Waals surface area contributed by atoms with Gasteiger partial charge in [0.25, 0.3) is 0 Å². The number of rotatable bonds is 4. The van der Waals surface area contributed by atoms with Gasteiger partial charge in [0.05, 0.1) is 6.04 Å². The van der Waals surface area contributed by atoms with Crippen molar-refractivity contribution in [1.29, 1.82) is 0 Å². The third-order valence-corrected chi connectivity index (χ3v) is 3.20. The minimum atomic E-state index is -0.227. The summed E-state index contributed by atoms with van der Waals surface area (Å²) < 4.78 is 13.8. The molecule has 3 heteroatoms. The molecule has 0 spiro atoms. The predicted molar refractivity (Wildman–Crippen MR) is 76.1 cm³/mol. The number of aryl methyl sites for hydroxylation is 2. The van der Waals surface area contributed by atoms with E-state index in [1.54, 1.807) is 12.1 Å². The van der Waals surface area contributed by atoms with Gasteiger partial charge in [0.1, 0.15) is 5.82 Å². The Labute approximate surface area is 113 Å². The van der Waals surface area contributed by atoms with E-state index in [4.69, 9.17) is 5.84 Å². The van der Waals surface area contributed by atoms with E-state index in [-0.39, 0.29) is 11.9 Å². The van der Waals surface area contributed by atoms with E-state index in [1.165, 1.54) is 17.2 Å². The van der Waals surface area contributed by atoms with Crippen molar-refractivity contribution < 1.29 is 4.39 Å². The van der Waals surface area contributed by atoms with E-state index >= 15 is 0 Å². The lowest BCUT2D eigenvalue weighted by atomic mass is 9.96. The Morgan fingerprint density at radius 1 is 1.11 bits per heavy atom. The number of hydrogen-bond acceptors (Lipinski definition) is 2. The monoisotopic (exact) mass is 258 g/mol.